The van der Waals surface area contributed by atoms with Crippen molar-refractivity contribution in [3.05, 3.63) is 18.2 Å². The Bertz CT molecular complexity index is 337. The van der Waals surface area contributed by atoms with Crippen molar-refractivity contribution in [1.82, 2.24) is 14.9 Å². The highest BCUT2D eigenvalue weighted by molar-refractivity contribution is 4.93. The molecular weight excluding hydrogens is 214 g/mol. The summed E-state index contributed by atoms with van der Waals surface area (Å²) in [4.78, 5) is 4.34. The Kier molecular flexibility index (Phi) is 4.57. The van der Waals surface area contributed by atoms with Gasteiger partial charge >= 0.3 is 0 Å². The van der Waals surface area contributed by atoms with Gasteiger partial charge in [-0.3, -0.25) is 0 Å². The van der Waals surface area contributed by atoms with Gasteiger partial charge in [0.1, 0.15) is 5.82 Å². The van der Waals surface area contributed by atoms with E-state index in [2.05, 4.69) is 34.9 Å². The standard InChI is InChI=1S/C13H23N3O/c1-3-13-15-7-8-16(13)10-12-6-5-11(17-12)9-14-4-2/h7-8,11-12,14H,3-6,9-10H2,1-2H3. The third-order valence-electron chi connectivity index (χ3n) is 3.34. The molecule has 0 bridgehead atoms. The summed E-state index contributed by atoms with van der Waals surface area (Å²) in [7, 11) is 0. The fourth-order valence-electron chi connectivity index (χ4n) is 2.41. The zero-order valence-corrected chi connectivity index (χ0v) is 10.9. The number of hydrogen-bond donors (Lipinski definition) is 1. The molecule has 0 aliphatic carbocycles. The second-order valence-corrected chi connectivity index (χ2v) is 4.61. The first-order chi connectivity index (χ1) is 8.33. The molecule has 1 fully saturated rings. The summed E-state index contributed by atoms with van der Waals surface area (Å²) in [6, 6.07) is 0. The van der Waals surface area contributed by atoms with Gasteiger partial charge in [0.15, 0.2) is 0 Å². The number of aromatic nitrogens is 2. The number of hydrogen-bond acceptors (Lipinski definition) is 3. The van der Waals surface area contributed by atoms with Crippen LogP contribution in [0.15, 0.2) is 12.4 Å². The fourth-order valence-corrected chi connectivity index (χ4v) is 2.41. The Morgan fingerprint density at radius 1 is 1.41 bits per heavy atom. The van der Waals surface area contributed by atoms with Crippen LogP contribution in [0, 0.1) is 0 Å². The fraction of sp³-hybridized carbons (Fsp3) is 0.769. The average Bonchev–Trinajstić information content (AvgIpc) is 2.96. The molecule has 2 atom stereocenters. The van der Waals surface area contributed by atoms with Gasteiger partial charge in [-0.15, -0.1) is 0 Å². The van der Waals surface area contributed by atoms with E-state index in [-0.39, 0.29) is 0 Å². The van der Waals surface area contributed by atoms with Gasteiger partial charge in [-0.2, -0.15) is 0 Å². The Balaban J connectivity index is 1.81. The molecule has 0 aromatic carbocycles. The van der Waals surface area contributed by atoms with Crippen molar-refractivity contribution in [2.45, 2.75) is 51.9 Å². The predicted molar refractivity (Wildman–Crippen MR) is 68.0 cm³/mol. The minimum absolute atomic E-state index is 0.359. The molecule has 4 heteroatoms. The molecule has 17 heavy (non-hydrogen) atoms. The van der Waals surface area contributed by atoms with Crippen LogP contribution in [0.1, 0.15) is 32.5 Å². The molecule has 1 aromatic heterocycles. The highest BCUT2D eigenvalue weighted by Gasteiger charge is 2.25. The number of imidazole rings is 1. The molecule has 0 spiro atoms. The minimum Gasteiger partial charge on any atom is -0.372 e. The molecule has 2 unspecified atom stereocenters. The topological polar surface area (TPSA) is 39.1 Å². The van der Waals surface area contributed by atoms with Gasteiger partial charge in [0.2, 0.25) is 0 Å². The van der Waals surface area contributed by atoms with Crippen molar-refractivity contribution in [3.8, 4) is 0 Å². The van der Waals surface area contributed by atoms with Crippen molar-refractivity contribution in [1.29, 1.82) is 0 Å². The lowest BCUT2D eigenvalue weighted by atomic mass is 10.2. The molecular formula is C13H23N3O. The SMILES string of the molecule is CCNCC1CCC(Cn2ccnc2CC)O1. The molecule has 0 saturated carbocycles. The van der Waals surface area contributed by atoms with Crippen molar-refractivity contribution in [3.63, 3.8) is 0 Å². The van der Waals surface area contributed by atoms with Gasteiger partial charge < -0.3 is 14.6 Å². The van der Waals surface area contributed by atoms with E-state index in [0.717, 1.165) is 38.3 Å². The summed E-state index contributed by atoms with van der Waals surface area (Å²) in [5, 5.41) is 3.35. The Labute approximate surface area is 103 Å². The van der Waals surface area contributed by atoms with Crippen LogP contribution < -0.4 is 5.32 Å². The second kappa shape index (κ2) is 6.17. The summed E-state index contributed by atoms with van der Waals surface area (Å²) < 4.78 is 8.25. The van der Waals surface area contributed by atoms with Gasteiger partial charge in [-0.1, -0.05) is 13.8 Å². The van der Waals surface area contributed by atoms with Crippen LogP contribution in [0.25, 0.3) is 0 Å². The molecule has 4 nitrogen and oxygen atoms in total. The molecule has 2 heterocycles. The summed E-state index contributed by atoms with van der Waals surface area (Å²) in [5.74, 6) is 1.16. The van der Waals surface area contributed by atoms with E-state index in [1.807, 2.05) is 6.20 Å². The molecule has 96 valence electrons. The number of aryl methyl sites for hydroxylation is 1. The van der Waals surface area contributed by atoms with E-state index < -0.39 is 0 Å². The van der Waals surface area contributed by atoms with Crippen LogP contribution in [-0.2, 0) is 17.7 Å². The lowest BCUT2D eigenvalue weighted by Gasteiger charge is -2.15. The maximum absolute atomic E-state index is 6.03. The van der Waals surface area contributed by atoms with Crippen molar-refractivity contribution in [2.24, 2.45) is 0 Å². The lowest BCUT2D eigenvalue weighted by molar-refractivity contribution is 0.0360. The van der Waals surface area contributed by atoms with Crippen LogP contribution in [0.3, 0.4) is 0 Å². The first-order valence-electron chi connectivity index (χ1n) is 6.69. The number of likely N-dealkylation sites (N-methyl/N-ethyl adjacent to an activating group) is 1. The highest BCUT2D eigenvalue weighted by Crippen LogP contribution is 2.21. The summed E-state index contributed by atoms with van der Waals surface area (Å²) in [6.45, 7) is 7.23. The van der Waals surface area contributed by atoms with E-state index in [4.69, 9.17) is 4.74 Å². The Morgan fingerprint density at radius 2 is 2.24 bits per heavy atom. The van der Waals surface area contributed by atoms with Crippen LogP contribution in [-0.4, -0.2) is 34.8 Å². The van der Waals surface area contributed by atoms with E-state index in [9.17, 15) is 0 Å². The first kappa shape index (κ1) is 12.6. The zero-order chi connectivity index (χ0) is 12.1. The summed E-state index contributed by atoms with van der Waals surface area (Å²) in [6.07, 6.45) is 8.02. The van der Waals surface area contributed by atoms with Crippen molar-refractivity contribution < 1.29 is 4.74 Å². The summed E-state index contributed by atoms with van der Waals surface area (Å²) >= 11 is 0. The molecule has 1 aromatic rings. The summed E-state index contributed by atoms with van der Waals surface area (Å²) in [5.41, 5.74) is 0. The molecule has 0 amide bonds. The van der Waals surface area contributed by atoms with Gasteiger partial charge in [0, 0.05) is 25.4 Å². The van der Waals surface area contributed by atoms with Crippen LogP contribution >= 0.6 is 0 Å². The van der Waals surface area contributed by atoms with E-state index in [0.29, 0.717) is 12.2 Å². The molecule has 1 aliphatic rings. The molecule has 1 saturated heterocycles. The smallest absolute Gasteiger partial charge is 0.108 e. The zero-order valence-electron chi connectivity index (χ0n) is 10.9. The van der Waals surface area contributed by atoms with Gasteiger partial charge in [0.05, 0.1) is 18.8 Å². The van der Waals surface area contributed by atoms with Gasteiger partial charge in [-0.25, -0.2) is 4.98 Å². The normalized spacial score (nSPS) is 24.4. The number of rotatable bonds is 6. The first-order valence-corrected chi connectivity index (χ1v) is 6.69. The van der Waals surface area contributed by atoms with Crippen LogP contribution in [0.5, 0.6) is 0 Å². The van der Waals surface area contributed by atoms with E-state index >= 15 is 0 Å². The number of nitrogens with zero attached hydrogens (tertiary/aromatic N) is 2. The quantitative estimate of drug-likeness (QED) is 0.817. The second-order valence-electron chi connectivity index (χ2n) is 4.61. The highest BCUT2D eigenvalue weighted by atomic mass is 16.5. The van der Waals surface area contributed by atoms with Crippen LogP contribution in [0.2, 0.25) is 0 Å². The predicted octanol–water partition coefficient (Wildman–Crippen LogP) is 1.60. The molecule has 1 N–H and O–H groups in total. The van der Waals surface area contributed by atoms with Gasteiger partial charge in [0.25, 0.3) is 0 Å². The Hall–Kier alpha value is -0.870. The number of ether oxygens (including phenoxy) is 1. The lowest BCUT2D eigenvalue weighted by Crippen LogP contribution is -2.27. The Morgan fingerprint density at radius 3 is 3.00 bits per heavy atom. The monoisotopic (exact) mass is 237 g/mol. The van der Waals surface area contributed by atoms with E-state index in [1.165, 1.54) is 6.42 Å². The molecule has 0 radical (unpaired) electrons. The third kappa shape index (κ3) is 3.30. The number of nitrogens with one attached hydrogen (secondary N) is 1. The van der Waals surface area contributed by atoms with Crippen LogP contribution in [0.4, 0.5) is 0 Å². The van der Waals surface area contributed by atoms with E-state index in [1.54, 1.807) is 0 Å². The minimum atomic E-state index is 0.359. The van der Waals surface area contributed by atoms with Crippen molar-refractivity contribution in [2.75, 3.05) is 13.1 Å². The maximum Gasteiger partial charge on any atom is 0.108 e. The molecule has 2 rings (SSSR count). The largest absolute Gasteiger partial charge is 0.372 e. The maximum atomic E-state index is 6.03. The van der Waals surface area contributed by atoms with Gasteiger partial charge in [-0.05, 0) is 19.4 Å². The average molecular weight is 237 g/mol. The van der Waals surface area contributed by atoms with Crippen molar-refractivity contribution >= 4 is 0 Å². The third-order valence-corrected chi connectivity index (χ3v) is 3.34. The molecule has 1 aliphatic heterocycles.